The minimum absolute atomic E-state index is 0.406. The molecule has 0 aromatic carbocycles. The van der Waals surface area contributed by atoms with Gasteiger partial charge in [0.2, 0.25) is 0 Å². The molecule has 0 bridgehead atoms. The molecule has 1 atom stereocenters. The van der Waals surface area contributed by atoms with Crippen molar-refractivity contribution in [2.75, 3.05) is 0 Å². The highest BCUT2D eigenvalue weighted by molar-refractivity contribution is 5.37. The van der Waals surface area contributed by atoms with E-state index in [-0.39, 0.29) is 0 Å². The molecule has 0 heterocycles. The summed E-state index contributed by atoms with van der Waals surface area (Å²) in [5.74, 6) is 0.704. The number of hydrogen-bond acceptors (Lipinski definition) is 0. The van der Waals surface area contributed by atoms with E-state index in [4.69, 9.17) is 0 Å². The van der Waals surface area contributed by atoms with E-state index in [0.29, 0.717) is 11.3 Å². The molecule has 90 valence electrons. The monoisotopic (exact) mass is 218 g/mol. The SMILES string of the molecule is C=CC1=C(/C=C\C)C(C(C)(C)CC)CCC1. The predicted octanol–water partition coefficient (Wildman–Crippen LogP) is 5.28. The first kappa shape index (κ1) is 13.3. The van der Waals surface area contributed by atoms with Crippen molar-refractivity contribution in [3.63, 3.8) is 0 Å². The summed E-state index contributed by atoms with van der Waals surface area (Å²) in [4.78, 5) is 0. The molecular weight excluding hydrogens is 192 g/mol. The Hall–Kier alpha value is -0.780. The Bertz CT molecular complexity index is 302. The van der Waals surface area contributed by atoms with E-state index in [0.717, 1.165) is 0 Å². The summed E-state index contributed by atoms with van der Waals surface area (Å²) in [6.07, 6.45) is 11.6. The Morgan fingerprint density at radius 2 is 2.12 bits per heavy atom. The van der Waals surface area contributed by atoms with Gasteiger partial charge in [-0.1, -0.05) is 52.0 Å². The zero-order chi connectivity index (χ0) is 12.2. The third-order valence-corrected chi connectivity index (χ3v) is 4.13. The Balaban J connectivity index is 3.13. The van der Waals surface area contributed by atoms with Crippen LogP contribution >= 0.6 is 0 Å². The largest absolute Gasteiger partial charge is 0.0988 e. The predicted molar refractivity (Wildman–Crippen MR) is 73.5 cm³/mol. The van der Waals surface area contributed by atoms with Crippen molar-refractivity contribution in [1.29, 1.82) is 0 Å². The first-order chi connectivity index (χ1) is 7.56. The fourth-order valence-electron chi connectivity index (χ4n) is 2.70. The van der Waals surface area contributed by atoms with Gasteiger partial charge in [0.15, 0.2) is 0 Å². The summed E-state index contributed by atoms with van der Waals surface area (Å²) in [5.41, 5.74) is 3.41. The van der Waals surface area contributed by atoms with Gasteiger partial charge in [0, 0.05) is 0 Å². The van der Waals surface area contributed by atoms with Crippen molar-refractivity contribution < 1.29 is 0 Å². The smallest absolute Gasteiger partial charge is 0.0108 e. The minimum atomic E-state index is 0.406. The molecule has 0 heteroatoms. The third kappa shape index (κ3) is 2.66. The fourth-order valence-corrected chi connectivity index (χ4v) is 2.70. The second-order valence-electron chi connectivity index (χ2n) is 5.47. The van der Waals surface area contributed by atoms with Crippen LogP contribution < -0.4 is 0 Å². The average Bonchev–Trinajstić information content (AvgIpc) is 2.29. The topological polar surface area (TPSA) is 0 Å². The maximum atomic E-state index is 3.97. The number of allylic oxidation sites excluding steroid dienone is 5. The summed E-state index contributed by atoms with van der Waals surface area (Å²) in [5, 5.41) is 0. The van der Waals surface area contributed by atoms with E-state index in [1.54, 1.807) is 0 Å². The average molecular weight is 218 g/mol. The van der Waals surface area contributed by atoms with Crippen LogP contribution in [0, 0.1) is 11.3 Å². The van der Waals surface area contributed by atoms with Crippen LogP contribution in [0.3, 0.4) is 0 Å². The zero-order valence-corrected chi connectivity index (χ0v) is 11.3. The van der Waals surface area contributed by atoms with Crippen molar-refractivity contribution in [3.05, 3.63) is 36.0 Å². The molecule has 0 nitrogen and oxygen atoms in total. The molecule has 0 fully saturated rings. The van der Waals surface area contributed by atoms with E-state index in [9.17, 15) is 0 Å². The van der Waals surface area contributed by atoms with E-state index < -0.39 is 0 Å². The molecular formula is C16H26. The lowest BCUT2D eigenvalue weighted by Crippen LogP contribution is -2.27. The summed E-state index contributed by atoms with van der Waals surface area (Å²) >= 11 is 0. The van der Waals surface area contributed by atoms with E-state index in [1.807, 2.05) is 0 Å². The van der Waals surface area contributed by atoms with Crippen molar-refractivity contribution in [2.24, 2.45) is 11.3 Å². The minimum Gasteiger partial charge on any atom is -0.0988 e. The van der Waals surface area contributed by atoms with Gasteiger partial charge in [0.1, 0.15) is 0 Å². The molecule has 0 saturated carbocycles. The summed E-state index contributed by atoms with van der Waals surface area (Å²) in [7, 11) is 0. The van der Waals surface area contributed by atoms with Crippen LogP contribution in [-0.4, -0.2) is 0 Å². The molecule has 0 saturated heterocycles. The van der Waals surface area contributed by atoms with Crippen LogP contribution in [0.2, 0.25) is 0 Å². The van der Waals surface area contributed by atoms with Crippen LogP contribution in [0.5, 0.6) is 0 Å². The van der Waals surface area contributed by atoms with Gasteiger partial charge in [-0.05, 0) is 48.7 Å². The Morgan fingerprint density at radius 3 is 2.62 bits per heavy atom. The molecule has 1 unspecified atom stereocenters. The van der Waals surface area contributed by atoms with Gasteiger partial charge in [0.05, 0.1) is 0 Å². The molecule has 0 N–H and O–H groups in total. The Labute approximate surface area is 101 Å². The summed E-state index contributed by atoms with van der Waals surface area (Å²) in [6, 6.07) is 0. The number of rotatable bonds is 4. The molecule has 0 aromatic heterocycles. The van der Waals surface area contributed by atoms with Crippen molar-refractivity contribution in [2.45, 2.75) is 53.4 Å². The highest BCUT2D eigenvalue weighted by Crippen LogP contribution is 2.44. The lowest BCUT2D eigenvalue weighted by Gasteiger charge is -2.38. The zero-order valence-electron chi connectivity index (χ0n) is 11.3. The summed E-state index contributed by atoms with van der Waals surface area (Å²) < 4.78 is 0. The van der Waals surface area contributed by atoms with Crippen LogP contribution in [0.15, 0.2) is 36.0 Å². The van der Waals surface area contributed by atoms with Crippen molar-refractivity contribution in [3.8, 4) is 0 Å². The van der Waals surface area contributed by atoms with Gasteiger partial charge in [-0.25, -0.2) is 0 Å². The van der Waals surface area contributed by atoms with Gasteiger partial charge in [-0.3, -0.25) is 0 Å². The third-order valence-electron chi connectivity index (χ3n) is 4.13. The van der Waals surface area contributed by atoms with Crippen LogP contribution in [0.25, 0.3) is 0 Å². The molecule has 0 radical (unpaired) electrons. The molecule has 1 rings (SSSR count). The lowest BCUT2D eigenvalue weighted by atomic mass is 9.67. The van der Waals surface area contributed by atoms with Gasteiger partial charge in [0.25, 0.3) is 0 Å². The van der Waals surface area contributed by atoms with Gasteiger partial charge >= 0.3 is 0 Å². The van der Waals surface area contributed by atoms with Crippen LogP contribution in [0.1, 0.15) is 53.4 Å². The summed E-state index contributed by atoms with van der Waals surface area (Å²) in [6.45, 7) is 13.2. The van der Waals surface area contributed by atoms with Crippen LogP contribution in [-0.2, 0) is 0 Å². The van der Waals surface area contributed by atoms with E-state index in [2.05, 4.69) is 52.5 Å². The standard InChI is InChI=1S/C16H26/c1-6-10-14-13(7-2)11-9-12-15(14)16(4,5)8-3/h6-7,10,15H,2,8-9,11-12H2,1,3-5H3/b10-6-. The Kier molecular flexibility index (Phi) is 4.58. The normalized spacial score (nSPS) is 22.9. The molecule has 1 aliphatic carbocycles. The highest BCUT2D eigenvalue weighted by Gasteiger charge is 2.32. The molecule has 1 aliphatic rings. The number of hydrogen-bond donors (Lipinski definition) is 0. The van der Waals surface area contributed by atoms with Crippen molar-refractivity contribution >= 4 is 0 Å². The molecule has 0 aliphatic heterocycles. The van der Waals surface area contributed by atoms with E-state index in [1.165, 1.54) is 36.8 Å². The maximum absolute atomic E-state index is 3.97. The first-order valence-corrected chi connectivity index (χ1v) is 6.55. The highest BCUT2D eigenvalue weighted by atomic mass is 14.4. The Morgan fingerprint density at radius 1 is 1.44 bits per heavy atom. The quantitative estimate of drug-likeness (QED) is 0.602. The second-order valence-corrected chi connectivity index (χ2v) is 5.47. The molecule has 16 heavy (non-hydrogen) atoms. The molecule has 0 aromatic rings. The maximum Gasteiger partial charge on any atom is -0.0108 e. The first-order valence-electron chi connectivity index (χ1n) is 6.55. The molecule has 0 amide bonds. The molecule has 0 spiro atoms. The van der Waals surface area contributed by atoms with Crippen molar-refractivity contribution in [1.82, 2.24) is 0 Å². The van der Waals surface area contributed by atoms with Crippen LogP contribution in [0.4, 0.5) is 0 Å². The van der Waals surface area contributed by atoms with E-state index >= 15 is 0 Å². The fraction of sp³-hybridized carbons (Fsp3) is 0.625. The van der Waals surface area contributed by atoms with Gasteiger partial charge in [-0.15, -0.1) is 0 Å². The second kappa shape index (κ2) is 5.52. The van der Waals surface area contributed by atoms with Gasteiger partial charge in [-0.2, -0.15) is 0 Å². The van der Waals surface area contributed by atoms with Gasteiger partial charge < -0.3 is 0 Å². The lowest BCUT2D eigenvalue weighted by molar-refractivity contribution is 0.217.